The smallest absolute Gasteiger partial charge is 0.305 e. The molecule has 10 rings (SSSR count). The topological polar surface area (TPSA) is 519 Å². The predicted octanol–water partition coefficient (Wildman–Crippen LogP) is 2.04. The maximum absolute atomic E-state index is 15.8. The maximum atomic E-state index is 15.8. The summed E-state index contributed by atoms with van der Waals surface area (Å²) in [5.41, 5.74) is 7.85. The number of aromatic hydroxyl groups is 2. The maximum Gasteiger partial charge on any atom is 0.305 e. The molecule has 15 N–H and O–H groups in total. The van der Waals surface area contributed by atoms with Crippen molar-refractivity contribution in [3.63, 3.8) is 0 Å². The summed E-state index contributed by atoms with van der Waals surface area (Å²) < 4.78 is 56.3. The number of H-pyrrole nitrogens is 1. The number of phenolic OH excluding ortho intramolecular Hbond substituents is 2. The number of phenols is 2. The molecular formula is C96H117F3N16O21S. The second kappa shape index (κ2) is 50.0. The Morgan fingerprint density at radius 2 is 1.04 bits per heavy atom. The third-order valence-corrected chi connectivity index (χ3v) is 25.2. The number of thioether (sulfide) groups is 1. The second-order valence-corrected chi connectivity index (χ2v) is 35.4. The van der Waals surface area contributed by atoms with Crippen molar-refractivity contribution in [3.8, 4) is 11.5 Å². The first-order chi connectivity index (χ1) is 65.4. The van der Waals surface area contributed by atoms with Gasteiger partial charge in [0.2, 0.25) is 88.6 Å². The number of nitrogens with two attached hydrogens (primary N) is 1. The number of amides is 15. The number of aromatic nitrogens is 1. The van der Waals surface area contributed by atoms with Gasteiger partial charge in [-0.2, -0.15) is 0 Å². The number of unbranched alkanes of at least 4 members (excludes halogenated alkanes) is 1. The van der Waals surface area contributed by atoms with Gasteiger partial charge in [-0.15, -0.1) is 11.8 Å². The average Bonchev–Trinajstić information content (AvgIpc) is 1.47. The van der Waals surface area contributed by atoms with Crippen molar-refractivity contribution in [1.82, 2.24) is 77.3 Å². The number of rotatable bonds is 24. The van der Waals surface area contributed by atoms with Gasteiger partial charge in [-0.05, 0) is 107 Å². The molecule has 0 unspecified atom stereocenters. The molecule has 7 aromatic rings. The van der Waals surface area contributed by atoms with Gasteiger partial charge in [-0.25, -0.2) is 13.2 Å². The van der Waals surface area contributed by atoms with Gasteiger partial charge in [0.1, 0.15) is 90.0 Å². The molecule has 3 aliphatic rings. The number of nitrogens with one attached hydrogen (secondary N) is 10. The number of hydrogen-bond acceptors (Lipinski definition) is 21. The first-order valence-corrected chi connectivity index (χ1v) is 46.1. The van der Waals surface area contributed by atoms with Crippen LogP contribution in [0.25, 0.3) is 10.9 Å². The van der Waals surface area contributed by atoms with Crippen molar-refractivity contribution in [2.24, 2.45) is 11.7 Å². The van der Waals surface area contributed by atoms with Crippen LogP contribution in [0.3, 0.4) is 0 Å². The number of carboxylic acids is 1. The van der Waals surface area contributed by atoms with Crippen LogP contribution in [0.4, 0.5) is 13.2 Å². The van der Waals surface area contributed by atoms with E-state index in [-0.39, 0.29) is 108 Å². The monoisotopic (exact) mass is 1920 g/mol. The van der Waals surface area contributed by atoms with Crippen LogP contribution in [-0.4, -0.2) is 297 Å². The Morgan fingerprint density at radius 3 is 1.65 bits per heavy atom. The summed E-state index contributed by atoms with van der Waals surface area (Å²) in [5.74, 6) is -24.3. The lowest BCUT2D eigenvalue weighted by molar-refractivity contribution is -0.158. The second-order valence-electron chi connectivity index (χ2n) is 34.4. The number of ether oxygens (including phenoxy) is 2. The van der Waals surface area contributed by atoms with Gasteiger partial charge in [0, 0.05) is 109 Å². The minimum Gasteiger partial charge on any atom is -0.508 e. The Labute approximate surface area is 793 Å². The van der Waals surface area contributed by atoms with Crippen molar-refractivity contribution < 1.29 is 115 Å². The zero-order chi connectivity index (χ0) is 99.4. The number of benzene rings is 6. The molecular weight excluding hydrogens is 1800 g/mol. The summed E-state index contributed by atoms with van der Waals surface area (Å²) in [6, 6.07) is 14.4. The van der Waals surface area contributed by atoms with E-state index >= 15 is 56.7 Å². The number of halogens is 3. The Kier molecular flexibility index (Phi) is 38.4. The number of para-hydroxylation sites is 1. The number of fused-ring (bicyclic) bond motifs is 3. The van der Waals surface area contributed by atoms with E-state index in [1.54, 1.807) is 112 Å². The lowest BCUT2D eigenvalue weighted by atomic mass is 9.98. The number of likely N-dealkylation sites (N-methyl/N-ethyl adjacent to an activating group) is 3. The van der Waals surface area contributed by atoms with Gasteiger partial charge in [0.15, 0.2) is 17.5 Å². The lowest BCUT2D eigenvalue weighted by Crippen LogP contribution is -2.64. The predicted molar refractivity (Wildman–Crippen MR) is 495 cm³/mol. The standard InChI is InChI=1S/C96H117F3N16O21S/c1-8-9-25-75-95(133)115-37-39-136-51-78(115)91(129)107-70(48-81(120)121)88(126)110-83(54(2)3)96(134)112(5)76(45-55-19-12-10-13-20-55)90(128)108-72(43-58-29-33-62(117)34-30-58)93(131)114-36-18-26-74(114)89(127)106-69(47-60-49-101-66-24-17-16-23-63(60)66)87(125)105-68(42-57-27-31-61(116)32-28-57)86(124)104-67(35-38-135-7)85(123)109-73(84(122)102-50-79(100)118)52-137-53-80(119)103-71(44-59-40-64(97)82(99)65(98)41-59)92(130)113(6)77(94(132)111(75)4)46-56-21-14-11-15-22-56/h10-17,19-24,27-34,40-41,49,54,67-78,83,101,116-117H,8-9,18,25-26,35-39,42-48,50-53H2,1-7H3,(H2,100,118)(H,102,122)(H,103,119)(H,104,124)(H,105,125)(H,106,127)(H,107,129)(H,108,128)(H,109,123)(H,110,126)(H,120,121)/t67-,68-,69-,70-,71-,72-,73-,74+,75-,76-,77-,78+,83-/m0/s1. The highest BCUT2D eigenvalue weighted by Crippen LogP contribution is 2.28. The first kappa shape index (κ1) is 105. The van der Waals surface area contributed by atoms with Crippen LogP contribution in [0, 0.1) is 23.4 Å². The fourth-order valence-corrected chi connectivity index (χ4v) is 17.4. The quantitative estimate of drug-likeness (QED) is 0.0385. The van der Waals surface area contributed by atoms with Crippen LogP contribution in [0.5, 0.6) is 11.5 Å². The van der Waals surface area contributed by atoms with E-state index in [4.69, 9.17) is 15.2 Å². The summed E-state index contributed by atoms with van der Waals surface area (Å²) in [4.78, 5) is 248. The van der Waals surface area contributed by atoms with Crippen LogP contribution in [0.15, 0.2) is 152 Å². The fourth-order valence-electron chi connectivity index (χ4n) is 16.6. The normalized spacial score (nSPS) is 23.3. The number of morpholine rings is 1. The molecule has 13 atom stereocenters. The zero-order valence-corrected chi connectivity index (χ0v) is 77.7. The van der Waals surface area contributed by atoms with Crippen LogP contribution in [0.1, 0.15) is 99.1 Å². The summed E-state index contributed by atoms with van der Waals surface area (Å²) in [6.07, 6.45) is -1.36. The molecule has 3 aliphatic heterocycles. The number of aliphatic carboxylic acids is 1. The molecule has 0 aliphatic carbocycles. The number of primary amides is 1. The number of carboxylic acid groups (broad SMARTS) is 1. The average molecular weight is 1920 g/mol. The summed E-state index contributed by atoms with van der Waals surface area (Å²) in [5, 5.41) is 55.5. The van der Waals surface area contributed by atoms with Crippen LogP contribution >= 0.6 is 11.8 Å². The van der Waals surface area contributed by atoms with Crippen molar-refractivity contribution in [1.29, 1.82) is 0 Å². The molecule has 3 saturated heterocycles. The largest absolute Gasteiger partial charge is 0.508 e. The zero-order valence-electron chi connectivity index (χ0n) is 76.9. The van der Waals surface area contributed by atoms with E-state index in [0.717, 1.165) is 19.6 Å². The molecule has 137 heavy (non-hydrogen) atoms. The van der Waals surface area contributed by atoms with E-state index in [1.165, 1.54) is 81.7 Å². The van der Waals surface area contributed by atoms with Crippen LogP contribution in [-0.2, 0) is 125 Å². The van der Waals surface area contributed by atoms with Gasteiger partial charge in [0.25, 0.3) is 0 Å². The SMILES string of the molecule is CCCC[C@H]1C(=O)N2CCOC[C@@H]2C(=O)N[C@@H](CC(=O)O)C(=O)N[C@@H](C(C)C)C(=O)N(C)[C@@H](Cc2ccccc2)C(=O)N[C@@H](Cc2ccc(O)cc2)C(=O)N2CCC[C@@H]2C(=O)N[C@@H](Cc2c[nH]c3ccccc23)C(=O)N[C@@H](Cc2ccc(O)cc2)C(=O)N[C@@H](CCOC)C(=O)N[C@H](C(=O)NCC(N)=O)CSCC(=O)N[C@@H](Cc2cc(F)c(F)c(F)c2)C(=O)N(C)[C@@H](Cc2ccccc2)C(=O)N1C. The highest BCUT2D eigenvalue weighted by Gasteiger charge is 2.46. The number of carbonyl (C=O) groups excluding carboxylic acids is 15. The molecule has 734 valence electrons. The first-order valence-electron chi connectivity index (χ1n) is 45.0. The van der Waals surface area contributed by atoms with E-state index in [0.29, 0.717) is 69.0 Å². The Bertz CT molecular complexity index is 5450. The third kappa shape index (κ3) is 29.0. The van der Waals surface area contributed by atoms with Gasteiger partial charge in [-0.3, -0.25) is 76.7 Å². The Hall–Kier alpha value is -14.0. The number of methoxy groups -OCH3 is 1. The van der Waals surface area contributed by atoms with Crippen molar-refractivity contribution in [2.45, 2.75) is 183 Å². The molecule has 0 spiro atoms. The van der Waals surface area contributed by atoms with E-state index < -0.39 is 234 Å². The molecule has 15 amide bonds. The van der Waals surface area contributed by atoms with Crippen LogP contribution in [0.2, 0.25) is 0 Å². The van der Waals surface area contributed by atoms with Gasteiger partial charge >= 0.3 is 5.97 Å². The minimum absolute atomic E-state index is 0.0104. The number of nitrogens with zero attached hydrogens (tertiary/aromatic N) is 5. The molecule has 0 saturated carbocycles. The molecule has 37 nitrogen and oxygen atoms in total. The van der Waals surface area contributed by atoms with E-state index in [9.17, 15) is 48.5 Å². The summed E-state index contributed by atoms with van der Waals surface area (Å²) in [6.45, 7) is 2.69. The van der Waals surface area contributed by atoms with Crippen molar-refractivity contribution in [3.05, 3.63) is 203 Å². The third-order valence-electron chi connectivity index (χ3n) is 24.2. The van der Waals surface area contributed by atoms with Gasteiger partial charge < -0.3 is 108 Å². The molecule has 1 aromatic heterocycles. The number of carbonyl (C=O) groups is 16. The van der Waals surface area contributed by atoms with E-state index in [2.05, 4.69) is 52.8 Å². The van der Waals surface area contributed by atoms with Gasteiger partial charge in [0.05, 0.1) is 31.9 Å². The fraction of sp³-hybridized carbons (Fsp3) is 0.438. The Balaban J connectivity index is 1.06. The number of aromatic amines is 1. The highest BCUT2D eigenvalue weighted by atomic mass is 32.2. The minimum atomic E-state index is -2.01. The molecule has 0 radical (unpaired) electrons. The van der Waals surface area contributed by atoms with Crippen LogP contribution < -0.4 is 53.6 Å². The molecule has 4 heterocycles. The lowest BCUT2D eigenvalue weighted by Gasteiger charge is -2.40. The molecule has 41 heteroatoms. The van der Waals surface area contributed by atoms with Crippen molar-refractivity contribution >= 4 is 117 Å². The Morgan fingerprint density at radius 1 is 0.533 bits per heavy atom. The summed E-state index contributed by atoms with van der Waals surface area (Å²) in [7, 11) is 5.00. The van der Waals surface area contributed by atoms with Crippen molar-refractivity contribution in [2.75, 3.05) is 79.2 Å². The van der Waals surface area contributed by atoms with E-state index in [1.807, 2.05) is 0 Å². The van der Waals surface area contributed by atoms with Gasteiger partial charge in [-0.1, -0.05) is 137 Å². The summed E-state index contributed by atoms with van der Waals surface area (Å²) >= 11 is 0.650. The molecule has 3 fully saturated rings. The number of hydrogen-bond donors (Lipinski definition) is 14. The molecule has 0 bridgehead atoms. The highest BCUT2D eigenvalue weighted by molar-refractivity contribution is 8.00. The molecule has 6 aromatic carbocycles.